The monoisotopic (exact) mass is 398 g/mol. The molecule has 1 fully saturated rings. The maximum absolute atomic E-state index is 12.2. The number of nitrogens with one attached hydrogen (secondary N) is 1. The zero-order chi connectivity index (χ0) is 20.8. The normalized spacial score (nSPS) is 13.6. The van der Waals surface area contributed by atoms with E-state index in [0.717, 1.165) is 62.7 Å². The molecule has 2 aromatic heterocycles. The van der Waals surface area contributed by atoms with Crippen molar-refractivity contribution in [3.63, 3.8) is 0 Å². The lowest BCUT2D eigenvalue weighted by Gasteiger charge is -2.16. The van der Waals surface area contributed by atoms with Gasteiger partial charge in [0.2, 0.25) is 5.91 Å². The lowest BCUT2D eigenvalue weighted by atomic mass is 9.92. The maximum atomic E-state index is 12.2. The number of nitrogens with zero attached hydrogens (tertiary/aromatic N) is 3. The molecule has 6 nitrogen and oxygen atoms in total. The highest BCUT2D eigenvalue weighted by atomic mass is 16.5. The van der Waals surface area contributed by atoms with Crippen molar-refractivity contribution in [2.75, 3.05) is 12.4 Å². The first-order valence-electron chi connectivity index (χ1n) is 10.1. The molecule has 1 saturated carbocycles. The molecule has 1 amide bonds. The van der Waals surface area contributed by atoms with Gasteiger partial charge in [-0.25, -0.2) is 4.98 Å². The van der Waals surface area contributed by atoms with Crippen LogP contribution in [-0.4, -0.2) is 28.0 Å². The molecule has 0 spiro atoms. The summed E-state index contributed by atoms with van der Waals surface area (Å²) in [4.78, 5) is 25.9. The average Bonchev–Trinajstić information content (AvgIpc) is 3.60. The Balaban J connectivity index is 1.74. The van der Waals surface area contributed by atoms with Crippen molar-refractivity contribution >= 4 is 33.5 Å². The van der Waals surface area contributed by atoms with E-state index in [9.17, 15) is 4.79 Å². The van der Waals surface area contributed by atoms with Gasteiger partial charge >= 0.3 is 0 Å². The highest BCUT2D eigenvalue weighted by Crippen LogP contribution is 2.39. The molecular weight excluding hydrogens is 376 g/mol. The molecule has 4 aromatic rings. The van der Waals surface area contributed by atoms with Crippen molar-refractivity contribution in [1.29, 1.82) is 0 Å². The minimum Gasteiger partial charge on any atom is -0.496 e. The van der Waals surface area contributed by atoms with Crippen LogP contribution in [0.1, 0.15) is 24.0 Å². The van der Waals surface area contributed by atoms with Gasteiger partial charge in [0, 0.05) is 40.8 Å². The number of carbonyl (C=O) groups is 1. The molecule has 30 heavy (non-hydrogen) atoms. The van der Waals surface area contributed by atoms with Gasteiger partial charge < -0.3 is 10.1 Å². The Morgan fingerprint density at radius 3 is 2.57 bits per heavy atom. The van der Waals surface area contributed by atoms with Gasteiger partial charge in [-0.15, -0.1) is 0 Å². The number of pyridine rings is 1. The van der Waals surface area contributed by atoms with Crippen molar-refractivity contribution in [2.45, 2.75) is 26.7 Å². The third-order valence-corrected chi connectivity index (χ3v) is 5.76. The Kier molecular flexibility index (Phi) is 4.35. The molecule has 6 heteroatoms. The maximum Gasteiger partial charge on any atom is 0.228 e. The fraction of sp³-hybridized carbons (Fsp3) is 0.250. The largest absolute Gasteiger partial charge is 0.496 e. The molecule has 5 rings (SSSR count). The lowest BCUT2D eigenvalue weighted by molar-refractivity contribution is -0.117. The number of hydrogen-bond donors (Lipinski definition) is 1. The molecule has 0 saturated heterocycles. The predicted molar refractivity (Wildman–Crippen MR) is 118 cm³/mol. The zero-order valence-corrected chi connectivity index (χ0v) is 17.2. The summed E-state index contributed by atoms with van der Waals surface area (Å²) in [6, 6.07) is 8.03. The SMILES string of the molecule is COc1ccc(C)c(-c2cc3cnc(NC(=O)C4CC4)cc3c3nccnc23)c1C. The first-order chi connectivity index (χ1) is 14.6. The summed E-state index contributed by atoms with van der Waals surface area (Å²) in [7, 11) is 1.68. The second kappa shape index (κ2) is 7.06. The van der Waals surface area contributed by atoms with E-state index in [0.29, 0.717) is 5.82 Å². The van der Waals surface area contributed by atoms with E-state index >= 15 is 0 Å². The van der Waals surface area contributed by atoms with Crippen molar-refractivity contribution in [3.05, 3.63) is 54.0 Å². The van der Waals surface area contributed by atoms with E-state index in [1.165, 1.54) is 0 Å². The third-order valence-electron chi connectivity index (χ3n) is 5.76. The first kappa shape index (κ1) is 18.5. The number of hydrogen-bond acceptors (Lipinski definition) is 5. The van der Waals surface area contributed by atoms with Crippen LogP contribution in [0, 0.1) is 19.8 Å². The van der Waals surface area contributed by atoms with Gasteiger partial charge in [-0.1, -0.05) is 6.07 Å². The van der Waals surface area contributed by atoms with Crippen LogP contribution in [0.4, 0.5) is 5.82 Å². The smallest absolute Gasteiger partial charge is 0.228 e. The first-order valence-corrected chi connectivity index (χ1v) is 10.1. The van der Waals surface area contributed by atoms with Crippen LogP contribution in [0.2, 0.25) is 0 Å². The Bertz CT molecular complexity index is 1310. The molecule has 1 aliphatic carbocycles. The minimum atomic E-state index is 0.0384. The number of aromatic nitrogens is 3. The topological polar surface area (TPSA) is 77.0 Å². The lowest BCUT2D eigenvalue weighted by Crippen LogP contribution is -2.14. The fourth-order valence-corrected chi connectivity index (χ4v) is 4.04. The van der Waals surface area contributed by atoms with Gasteiger partial charge in [0.1, 0.15) is 11.6 Å². The van der Waals surface area contributed by atoms with Crippen molar-refractivity contribution in [1.82, 2.24) is 15.0 Å². The molecule has 2 aromatic carbocycles. The molecule has 0 atom stereocenters. The van der Waals surface area contributed by atoms with E-state index in [1.807, 2.05) is 12.1 Å². The molecule has 1 N–H and O–H groups in total. The van der Waals surface area contributed by atoms with E-state index < -0.39 is 0 Å². The van der Waals surface area contributed by atoms with Crippen LogP contribution < -0.4 is 10.1 Å². The van der Waals surface area contributed by atoms with Gasteiger partial charge in [-0.05, 0) is 61.6 Å². The Labute approximate surface area is 174 Å². The quantitative estimate of drug-likeness (QED) is 0.499. The van der Waals surface area contributed by atoms with Crippen molar-refractivity contribution < 1.29 is 9.53 Å². The summed E-state index contributed by atoms with van der Waals surface area (Å²) < 4.78 is 5.55. The van der Waals surface area contributed by atoms with Crippen LogP contribution in [0.5, 0.6) is 5.75 Å². The second-order valence-electron chi connectivity index (χ2n) is 7.82. The molecular formula is C24H22N4O2. The van der Waals surface area contributed by atoms with E-state index in [-0.39, 0.29) is 11.8 Å². The fourth-order valence-electron chi connectivity index (χ4n) is 4.04. The number of amides is 1. The van der Waals surface area contributed by atoms with Gasteiger partial charge in [-0.3, -0.25) is 14.8 Å². The number of rotatable bonds is 4. The number of benzene rings is 2. The molecule has 1 aliphatic rings. The van der Waals surface area contributed by atoms with Gasteiger partial charge in [-0.2, -0.15) is 0 Å². The highest BCUT2D eigenvalue weighted by Gasteiger charge is 2.29. The van der Waals surface area contributed by atoms with Gasteiger partial charge in [0.05, 0.1) is 18.1 Å². The number of fused-ring (bicyclic) bond motifs is 3. The van der Waals surface area contributed by atoms with E-state index in [4.69, 9.17) is 4.74 Å². The number of carbonyl (C=O) groups excluding carboxylic acids is 1. The average molecular weight is 398 g/mol. The number of ether oxygens (including phenoxy) is 1. The van der Waals surface area contributed by atoms with Crippen LogP contribution in [0.15, 0.2) is 42.9 Å². The van der Waals surface area contributed by atoms with Gasteiger partial charge in [0.15, 0.2) is 0 Å². The number of anilines is 1. The van der Waals surface area contributed by atoms with Crippen molar-refractivity contribution in [2.24, 2.45) is 5.92 Å². The van der Waals surface area contributed by atoms with Crippen LogP contribution >= 0.6 is 0 Å². The molecule has 2 heterocycles. The predicted octanol–water partition coefficient (Wildman–Crippen LogP) is 4.82. The van der Waals surface area contributed by atoms with Crippen LogP contribution in [0.3, 0.4) is 0 Å². The molecule has 0 aliphatic heterocycles. The summed E-state index contributed by atoms with van der Waals surface area (Å²) in [6.07, 6.45) is 7.10. The standard InChI is InChI=1S/C24H22N4O2/c1-13-4-7-19(30-3)14(2)21(13)18-10-16-12-27-20(28-24(29)15-5-6-15)11-17(16)22-23(18)26-9-8-25-22/h4,7-12,15H,5-6H2,1-3H3,(H,27,28,29). The molecule has 0 radical (unpaired) electrons. The Morgan fingerprint density at radius 2 is 1.83 bits per heavy atom. The zero-order valence-electron chi connectivity index (χ0n) is 17.2. The summed E-state index contributed by atoms with van der Waals surface area (Å²) in [5, 5.41) is 4.79. The van der Waals surface area contributed by atoms with E-state index in [1.54, 1.807) is 25.7 Å². The summed E-state index contributed by atoms with van der Waals surface area (Å²) in [5.74, 6) is 1.55. The van der Waals surface area contributed by atoms with E-state index in [2.05, 4.69) is 46.2 Å². The second-order valence-corrected chi connectivity index (χ2v) is 7.82. The minimum absolute atomic E-state index is 0.0384. The third kappa shape index (κ3) is 3.05. The summed E-state index contributed by atoms with van der Waals surface area (Å²) in [5.41, 5.74) is 5.89. The molecule has 150 valence electrons. The van der Waals surface area contributed by atoms with Crippen molar-refractivity contribution in [3.8, 4) is 16.9 Å². The number of aryl methyl sites for hydroxylation is 1. The van der Waals surface area contributed by atoms with Crippen LogP contribution in [-0.2, 0) is 4.79 Å². The van der Waals surface area contributed by atoms with Gasteiger partial charge in [0.25, 0.3) is 0 Å². The Hall–Kier alpha value is -3.54. The Morgan fingerprint density at radius 1 is 1.07 bits per heavy atom. The molecule has 0 unspecified atom stereocenters. The highest BCUT2D eigenvalue weighted by molar-refractivity contribution is 6.11. The van der Waals surface area contributed by atoms with Crippen LogP contribution in [0.25, 0.3) is 32.9 Å². The number of methoxy groups -OCH3 is 1. The summed E-state index contributed by atoms with van der Waals surface area (Å²) >= 11 is 0. The summed E-state index contributed by atoms with van der Waals surface area (Å²) in [6.45, 7) is 4.14. The molecule has 0 bridgehead atoms.